The van der Waals surface area contributed by atoms with E-state index in [9.17, 15) is 14.9 Å². The first-order valence-corrected chi connectivity index (χ1v) is 3.83. The molecule has 0 bridgehead atoms. The van der Waals surface area contributed by atoms with Crippen molar-refractivity contribution in [2.24, 2.45) is 5.84 Å². The van der Waals surface area contributed by atoms with Crippen molar-refractivity contribution in [3.05, 3.63) is 34.4 Å². The second-order valence-electron chi connectivity index (χ2n) is 2.63. The highest BCUT2D eigenvalue weighted by molar-refractivity contribution is 5.92. The molecule has 0 spiro atoms. The molecule has 6 heteroatoms. The molecule has 0 saturated heterocycles. The van der Waals surface area contributed by atoms with Gasteiger partial charge in [-0.15, -0.1) is 0 Å². The van der Waals surface area contributed by atoms with E-state index in [1.54, 1.807) is 6.07 Å². The number of para-hydroxylation sites is 2. The van der Waals surface area contributed by atoms with Gasteiger partial charge in [-0.05, 0) is 6.07 Å². The molecule has 2 N–H and O–H groups in total. The van der Waals surface area contributed by atoms with E-state index in [1.807, 2.05) is 0 Å². The SMILES string of the molecule is CC(=O)N(N)c1ccccc1[N+](=O)[O-]. The van der Waals surface area contributed by atoms with Gasteiger partial charge in [0.2, 0.25) is 5.91 Å². The number of benzene rings is 1. The van der Waals surface area contributed by atoms with Crippen molar-refractivity contribution in [3.63, 3.8) is 0 Å². The Labute approximate surface area is 80.0 Å². The molecule has 1 aromatic carbocycles. The zero-order chi connectivity index (χ0) is 10.7. The summed E-state index contributed by atoms with van der Waals surface area (Å²) in [5.74, 6) is 4.90. The van der Waals surface area contributed by atoms with Crippen LogP contribution in [0.15, 0.2) is 24.3 Å². The lowest BCUT2D eigenvalue weighted by Gasteiger charge is -2.13. The molecule has 1 rings (SSSR count). The van der Waals surface area contributed by atoms with E-state index in [0.717, 1.165) is 5.01 Å². The number of amides is 1. The van der Waals surface area contributed by atoms with Crippen molar-refractivity contribution < 1.29 is 9.72 Å². The molecule has 0 aliphatic heterocycles. The fourth-order valence-electron chi connectivity index (χ4n) is 0.992. The highest BCUT2D eigenvalue weighted by atomic mass is 16.6. The summed E-state index contributed by atoms with van der Waals surface area (Å²) in [5.41, 5.74) is -0.102. The molecule has 0 radical (unpaired) electrons. The van der Waals surface area contributed by atoms with E-state index in [2.05, 4.69) is 0 Å². The quantitative estimate of drug-likeness (QED) is 0.327. The minimum atomic E-state index is -0.585. The first kappa shape index (κ1) is 10.1. The van der Waals surface area contributed by atoms with Crippen molar-refractivity contribution >= 4 is 17.3 Å². The van der Waals surface area contributed by atoms with Crippen molar-refractivity contribution in [2.75, 3.05) is 5.01 Å². The Morgan fingerprint density at radius 2 is 2.07 bits per heavy atom. The molecule has 1 amide bonds. The van der Waals surface area contributed by atoms with Crippen molar-refractivity contribution in [3.8, 4) is 0 Å². The Morgan fingerprint density at radius 3 is 2.57 bits per heavy atom. The van der Waals surface area contributed by atoms with Gasteiger partial charge >= 0.3 is 0 Å². The molecule has 74 valence electrons. The summed E-state index contributed by atoms with van der Waals surface area (Å²) in [6.45, 7) is 1.23. The number of carbonyl (C=O) groups excluding carboxylic acids is 1. The van der Waals surface area contributed by atoms with E-state index >= 15 is 0 Å². The number of nitrogens with zero attached hydrogens (tertiary/aromatic N) is 2. The van der Waals surface area contributed by atoms with E-state index in [1.165, 1.54) is 25.1 Å². The van der Waals surface area contributed by atoms with Gasteiger partial charge in [0, 0.05) is 13.0 Å². The van der Waals surface area contributed by atoms with Crippen LogP contribution < -0.4 is 10.9 Å². The van der Waals surface area contributed by atoms with Crippen LogP contribution >= 0.6 is 0 Å². The Kier molecular flexibility index (Phi) is 2.78. The van der Waals surface area contributed by atoms with E-state index < -0.39 is 10.8 Å². The molecule has 0 aromatic heterocycles. The van der Waals surface area contributed by atoms with Crippen LogP contribution in [0.25, 0.3) is 0 Å². The number of hydrazine groups is 1. The summed E-state index contributed by atoms with van der Waals surface area (Å²) in [5, 5.41) is 11.3. The predicted molar refractivity (Wildman–Crippen MR) is 50.4 cm³/mol. The Bertz CT molecular complexity index is 378. The summed E-state index contributed by atoms with van der Waals surface area (Å²) in [7, 11) is 0. The lowest BCUT2D eigenvalue weighted by Crippen LogP contribution is -2.35. The molecule has 1 aromatic rings. The second-order valence-corrected chi connectivity index (χ2v) is 2.63. The number of hydrogen-bond donors (Lipinski definition) is 1. The van der Waals surface area contributed by atoms with Gasteiger partial charge in [0.15, 0.2) is 0 Å². The maximum Gasteiger partial charge on any atom is 0.294 e. The number of nitro benzene ring substituents is 1. The van der Waals surface area contributed by atoms with Crippen LogP contribution in [0.4, 0.5) is 11.4 Å². The van der Waals surface area contributed by atoms with Crippen LogP contribution in [0.3, 0.4) is 0 Å². The third-order valence-electron chi connectivity index (χ3n) is 1.68. The number of carbonyl (C=O) groups is 1. The molecular weight excluding hydrogens is 186 g/mol. The smallest absolute Gasteiger partial charge is 0.273 e. The first-order valence-electron chi connectivity index (χ1n) is 3.83. The molecule has 0 fully saturated rings. The van der Waals surface area contributed by atoms with E-state index in [-0.39, 0.29) is 11.4 Å². The summed E-state index contributed by atoms with van der Waals surface area (Å²) in [4.78, 5) is 20.9. The van der Waals surface area contributed by atoms with Crippen LogP contribution in [-0.4, -0.2) is 10.8 Å². The Balaban J connectivity index is 3.19. The van der Waals surface area contributed by atoms with Crippen LogP contribution in [0.2, 0.25) is 0 Å². The van der Waals surface area contributed by atoms with Crippen molar-refractivity contribution in [2.45, 2.75) is 6.92 Å². The molecule has 0 aliphatic rings. The van der Waals surface area contributed by atoms with Gasteiger partial charge in [0.1, 0.15) is 5.69 Å². The minimum absolute atomic E-state index is 0.0880. The van der Waals surface area contributed by atoms with Gasteiger partial charge in [0.25, 0.3) is 5.69 Å². The molecular formula is C8H9N3O3. The Morgan fingerprint density at radius 1 is 1.50 bits per heavy atom. The minimum Gasteiger partial charge on any atom is -0.273 e. The standard InChI is InChI=1S/C8H9N3O3/c1-6(12)10(9)7-4-2-3-5-8(7)11(13)14/h2-5H,9H2,1H3. The van der Waals surface area contributed by atoms with Gasteiger partial charge in [-0.3, -0.25) is 14.9 Å². The Hall–Kier alpha value is -1.95. The largest absolute Gasteiger partial charge is 0.294 e. The van der Waals surface area contributed by atoms with Gasteiger partial charge in [-0.2, -0.15) is 0 Å². The third kappa shape index (κ3) is 1.86. The summed E-state index contributed by atoms with van der Waals surface area (Å²) in [6.07, 6.45) is 0. The monoisotopic (exact) mass is 195 g/mol. The maximum absolute atomic E-state index is 10.9. The van der Waals surface area contributed by atoms with E-state index in [0.29, 0.717) is 0 Å². The summed E-state index contributed by atoms with van der Waals surface area (Å²) >= 11 is 0. The average Bonchev–Trinajstić information content (AvgIpc) is 2.16. The van der Waals surface area contributed by atoms with Gasteiger partial charge in [-0.25, -0.2) is 10.9 Å². The second kappa shape index (κ2) is 3.84. The van der Waals surface area contributed by atoms with Gasteiger partial charge in [-0.1, -0.05) is 12.1 Å². The molecule has 0 heterocycles. The van der Waals surface area contributed by atoms with Gasteiger partial charge < -0.3 is 0 Å². The topological polar surface area (TPSA) is 89.5 Å². The van der Waals surface area contributed by atoms with Gasteiger partial charge in [0.05, 0.1) is 4.92 Å². The van der Waals surface area contributed by atoms with E-state index in [4.69, 9.17) is 5.84 Å². The molecule has 6 nitrogen and oxygen atoms in total. The normalized spacial score (nSPS) is 9.57. The number of hydrogen-bond acceptors (Lipinski definition) is 4. The molecule has 0 saturated carbocycles. The number of nitrogens with two attached hydrogens (primary N) is 1. The average molecular weight is 195 g/mol. The number of nitro groups is 1. The van der Waals surface area contributed by atoms with Crippen LogP contribution in [0, 0.1) is 10.1 Å². The van der Waals surface area contributed by atoms with Crippen molar-refractivity contribution in [1.29, 1.82) is 0 Å². The fraction of sp³-hybridized carbons (Fsp3) is 0.125. The molecule has 14 heavy (non-hydrogen) atoms. The van der Waals surface area contributed by atoms with Crippen LogP contribution in [0.5, 0.6) is 0 Å². The summed E-state index contributed by atoms with van der Waals surface area (Å²) < 4.78 is 0. The first-order chi connectivity index (χ1) is 6.54. The summed E-state index contributed by atoms with van der Waals surface area (Å²) in [6, 6.07) is 5.79. The highest BCUT2D eigenvalue weighted by Crippen LogP contribution is 2.25. The lowest BCUT2D eigenvalue weighted by molar-refractivity contribution is -0.384. The van der Waals surface area contributed by atoms with Crippen LogP contribution in [0.1, 0.15) is 6.92 Å². The lowest BCUT2D eigenvalue weighted by atomic mass is 10.2. The number of rotatable bonds is 2. The number of anilines is 1. The predicted octanol–water partition coefficient (Wildman–Crippen LogP) is 0.821. The third-order valence-corrected chi connectivity index (χ3v) is 1.68. The molecule has 0 atom stereocenters. The maximum atomic E-state index is 10.9. The zero-order valence-corrected chi connectivity index (χ0v) is 7.51. The fourth-order valence-corrected chi connectivity index (χ4v) is 0.992. The van der Waals surface area contributed by atoms with Crippen molar-refractivity contribution in [1.82, 2.24) is 0 Å². The zero-order valence-electron chi connectivity index (χ0n) is 7.51. The van der Waals surface area contributed by atoms with Crippen LogP contribution in [-0.2, 0) is 4.79 Å². The molecule has 0 aliphatic carbocycles. The highest BCUT2D eigenvalue weighted by Gasteiger charge is 2.18. The molecule has 0 unspecified atom stereocenters.